The smallest absolute Gasteiger partial charge is 0.329 e. The zero-order chi connectivity index (χ0) is 24.1. The molecule has 3 saturated heterocycles. The molecule has 1 aromatic carbocycles. The van der Waals surface area contributed by atoms with Crippen LogP contribution in [-0.4, -0.2) is 86.7 Å². The Labute approximate surface area is 201 Å². The monoisotopic (exact) mass is 472 g/mol. The molecular formula is C25H36N4O5. The molecule has 0 bridgehead atoms. The highest BCUT2D eigenvalue weighted by atomic mass is 16.5. The van der Waals surface area contributed by atoms with Crippen LogP contribution in [0.1, 0.15) is 38.5 Å². The fourth-order valence-electron chi connectivity index (χ4n) is 5.54. The van der Waals surface area contributed by atoms with Gasteiger partial charge in [-0.3, -0.25) is 9.59 Å². The van der Waals surface area contributed by atoms with E-state index in [-0.39, 0.29) is 12.3 Å². The average molecular weight is 473 g/mol. The third-order valence-electron chi connectivity index (χ3n) is 7.33. The van der Waals surface area contributed by atoms with Gasteiger partial charge in [0, 0.05) is 26.2 Å². The molecule has 0 aliphatic carbocycles. The quantitative estimate of drug-likeness (QED) is 0.555. The molecular weight excluding hydrogens is 436 g/mol. The van der Waals surface area contributed by atoms with E-state index in [0.717, 1.165) is 30.8 Å². The number of nitrogens with one attached hydrogen (secondary N) is 1. The summed E-state index contributed by atoms with van der Waals surface area (Å²) in [7, 11) is 3.18. The molecule has 3 heterocycles. The summed E-state index contributed by atoms with van der Waals surface area (Å²) in [5, 5.41) is 2.69. The number of carbonyl (C=O) groups excluding carboxylic acids is 3. The molecule has 9 heteroatoms. The second-order valence-corrected chi connectivity index (χ2v) is 9.41. The van der Waals surface area contributed by atoms with Crippen LogP contribution < -0.4 is 15.0 Å². The SMILES string of the molecule is COCCN(C[C@@H]1CCCN2CCCC[C@@H]12)C(=O)C[C@@H]1NC(=O)N(c2ccc(OC)cc2)C1=O. The lowest BCUT2D eigenvalue weighted by Crippen LogP contribution is -2.52. The van der Waals surface area contributed by atoms with Gasteiger partial charge in [0.2, 0.25) is 5.91 Å². The van der Waals surface area contributed by atoms with Crippen LogP contribution in [-0.2, 0) is 14.3 Å². The van der Waals surface area contributed by atoms with Gasteiger partial charge in [-0.1, -0.05) is 6.42 Å². The molecule has 9 nitrogen and oxygen atoms in total. The molecule has 0 radical (unpaired) electrons. The van der Waals surface area contributed by atoms with Gasteiger partial charge in [-0.25, -0.2) is 9.69 Å². The lowest BCUT2D eigenvalue weighted by molar-refractivity contribution is -0.135. The Morgan fingerprint density at radius 3 is 2.59 bits per heavy atom. The van der Waals surface area contributed by atoms with Crippen molar-refractivity contribution in [2.24, 2.45) is 5.92 Å². The number of rotatable bonds is 9. The minimum atomic E-state index is -0.871. The molecule has 186 valence electrons. The van der Waals surface area contributed by atoms with Crippen molar-refractivity contribution in [3.63, 3.8) is 0 Å². The van der Waals surface area contributed by atoms with Crippen LogP contribution in [0.15, 0.2) is 24.3 Å². The van der Waals surface area contributed by atoms with Crippen molar-refractivity contribution in [3.05, 3.63) is 24.3 Å². The Hall–Kier alpha value is -2.65. The van der Waals surface area contributed by atoms with E-state index >= 15 is 0 Å². The molecule has 1 N–H and O–H groups in total. The largest absolute Gasteiger partial charge is 0.497 e. The van der Waals surface area contributed by atoms with Crippen molar-refractivity contribution in [1.82, 2.24) is 15.1 Å². The van der Waals surface area contributed by atoms with E-state index in [1.54, 1.807) is 38.5 Å². The number of piperidine rings is 2. The summed E-state index contributed by atoms with van der Waals surface area (Å²) in [6.07, 6.45) is 5.90. The first kappa shape index (κ1) is 24.5. The Bertz CT molecular complexity index is 875. The molecule has 3 fully saturated rings. The number of methoxy groups -OCH3 is 2. The molecule has 4 rings (SSSR count). The summed E-state index contributed by atoms with van der Waals surface area (Å²) >= 11 is 0. The van der Waals surface area contributed by atoms with Crippen molar-refractivity contribution in [2.45, 2.75) is 50.6 Å². The van der Waals surface area contributed by atoms with Crippen molar-refractivity contribution < 1.29 is 23.9 Å². The highest BCUT2D eigenvalue weighted by Crippen LogP contribution is 2.32. The Balaban J connectivity index is 1.41. The molecule has 0 aromatic heterocycles. The first-order valence-electron chi connectivity index (χ1n) is 12.3. The summed E-state index contributed by atoms with van der Waals surface area (Å²) in [5.74, 6) is 0.529. The first-order valence-corrected chi connectivity index (χ1v) is 12.3. The predicted octanol–water partition coefficient (Wildman–Crippen LogP) is 2.25. The van der Waals surface area contributed by atoms with Gasteiger partial charge in [-0.15, -0.1) is 0 Å². The van der Waals surface area contributed by atoms with Crippen molar-refractivity contribution in [3.8, 4) is 5.75 Å². The highest BCUT2D eigenvalue weighted by molar-refractivity contribution is 6.22. The minimum absolute atomic E-state index is 0.0535. The second kappa shape index (κ2) is 11.2. The molecule has 34 heavy (non-hydrogen) atoms. The van der Waals surface area contributed by atoms with Gasteiger partial charge in [0.1, 0.15) is 11.8 Å². The maximum Gasteiger partial charge on any atom is 0.329 e. The third kappa shape index (κ3) is 5.36. The standard InChI is InChI=1S/C25H36N4O5/c1-33-15-14-28(17-18-6-5-13-27-12-4-3-7-22(18)27)23(30)16-21-24(31)29(25(32)26-21)19-8-10-20(34-2)11-9-19/h8-11,18,21-22H,3-7,12-17H2,1-2H3,(H,26,32)/t18-,21-,22-/m0/s1. The molecule has 3 aliphatic rings. The van der Waals surface area contributed by atoms with Crippen LogP contribution in [0, 0.1) is 5.92 Å². The van der Waals surface area contributed by atoms with Gasteiger partial charge >= 0.3 is 6.03 Å². The van der Waals surface area contributed by atoms with E-state index in [2.05, 4.69) is 10.2 Å². The number of imide groups is 1. The number of hydrogen-bond donors (Lipinski definition) is 1. The Morgan fingerprint density at radius 2 is 1.85 bits per heavy atom. The zero-order valence-electron chi connectivity index (χ0n) is 20.2. The van der Waals surface area contributed by atoms with Gasteiger partial charge in [-0.2, -0.15) is 0 Å². The molecule has 4 amide bonds. The Morgan fingerprint density at radius 1 is 1.09 bits per heavy atom. The topological polar surface area (TPSA) is 91.4 Å². The highest BCUT2D eigenvalue weighted by Gasteiger charge is 2.41. The van der Waals surface area contributed by atoms with Crippen LogP contribution in [0.5, 0.6) is 5.75 Å². The number of amides is 4. The van der Waals surface area contributed by atoms with Crippen LogP contribution in [0.2, 0.25) is 0 Å². The van der Waals surface area contributed by atoms with E-state index in [4.69, 9.17) is 9.47 Å². The summed E-state index contributed by atoms with van der Waals surface area (Å²) in [4.78, 5) is 44.4. The van der Waals surface area contributed by atoms with Crippen LogP contribution in [0.4, 0.5) is 10.5 Å². The molecule has 0 unspecified atom stereocenters. The number of fused-ring (bicyclic) bond motifs is 1. The summed E-state index contributed by atoms with van der Waals surface area (Å²) in [6.45, 7) is 3.89. The van der Waals surface area contributed by atoms with Crippen LogP contribution in [0.25, 0.3) is 0 Å². The normalized spacial score (nSPS) is 25.1. The van der Waals surface area contributed by atoms with E-state index in [1.165, 1.54) is 19.3 Å². The fourth-order valence-corrected chi connectivity index (χ4v) is 5.54. The van der Waals surface area contributed by atoms with Crippen molar-refractivity contribution in [2.75, 3.05) is 51.9 Å². The zero-order valence-corrected chi connectivity index (χ0v) is 20.2. The predicted molar refractivity (Wildman–Crippen MR) is 128 cm³/mol. The number of benzene rings is 1. The van der Waals surface area contributed by atoms with Gasteiger partial charge in [0.25, 0.3) is 5.91 Å². The van der Waals surface area contributed by atoms with E-state index in [1.807, 2.05) is 4.90 Å². The summed E-state index contributed by atoms with van der Waals surface area (Å²) in [5.41, 5.74) is 0.453. The fraction of sp³-hybridized carbons (Fsp3) is 0.640. The Kier molecular flexibility index (Phi) is 8.05. The van der Waals surface area contributed by atoms with Crippen molar-refractivity contribution in [1.29, 1.82) is 0 Å². The van der Waals surface area contributed by atoms with Crippen molar-refractivity contribution >= 4 is 23.5 Å². The minimum Gasteiger partial charge on any atom is -0.497 e. The lowest BCUT2D eigenvalue weighted by atomic mass is 9.83. The van der Waals surface area contributed by atoms with Gasteiger partial charge in [0.05, 0.1) is 25.8 Å². The van der Waals surface area contributed by atoms with E-state index in [0.29, 0.717) is 43.1 Å². The molecule has 3 atom stereocenters. The first-order chi connectivity index (χ1) is 16.5. The van der Waals surface area contributed by atoms with Gasteiger partial charge < -0.3 is 24.6 Å². The summed E-state index contributed by atoms with van der Waals surface area (Å²) in [6, 6.07) is 5.85. The van der Waals surface area contributed by atoms with Crippen LogP contribution in [0.3, 0.4) is 0 Å². The number of anilines is 1. The third-order valence-corrected chi connectivity index (χ3v) is 7.33. The number of hydrogen-bond acceptors (Lipinski definition) is 6. The van der Waals surface area contributed by atoms with Gasteiger partial charge in [0.15, 0.2) is 0 Å². The van der Waals surface area contributed by atoms with Crippen LogP contribution >= 0.6 is 0 Å². The molecule has 3 aliphatic heterocycles. The maximum absolute atomic E-state index is 13.3. The molecule has 1 aromatic rings. The summed E-state index contributed by atoms with van der Waals surface area (Å²) < 4.78 is 10.4. The number of nitrogens with zero attached hydrogens (tertiary/aromatic N) is 3. The second-order valence-electron chi connectivity index (χ2n) is 9.41. The number of urea groups is 1. The average Bonchev–Trinajstić information content (AvgIpc) is 3.14. The molecule has 0 saturated carbocycles. The number of carbonyl (C=O) groups is 3. The lowest BCUT2D eigenvalue weighted by Gasteiger charge is -2.45. The maximum atomic E-state index is 13.3. The molecule has 0 spiro atoms. The van der Waals surface area contributed by atoms with Gasteiger partial charge in [-0.05, 0) is 69.0 Å². The number of ether oxygens (including phenoxy) is 2. The van der Waals surface area contributed by atoms with E-state index in [9.17, 15) is 14.4 Å². The van der Waals surface area contributed by atoms with E-state index < -0.39 is 18.0 Å².